The zero-order valence-corrected chi connectivity index (χ0v) is 17.2. The predicted octanol–water partition coefficient (Wildman–Crippen LogP) is 3.17. The molecule has 2 aliphatic rings. The molecule has 4 rings (SSSR count). The van der Waals surface area contributed by atoms with Gasteiger partial charge in [-0.25, -0.2) is 8.42 Å². The summed E-state index contributed by atoms with van der Waals surface area (Å²) >= 11 is 0. The van der Waals surface area contributed by atoms with Gasteiger partial charge in [0.15, 0.2) is 0 Å². The van der Waals surface area contributed by atoms with E-state index in [-0.39, 0.29) is 12.1 Å². The first kappa shape index (κ1) is 20.0. The van der Waals surface area contributed by atoms with Gasteiger partial charge in [0.2, 0.25) is 10.0 Å². The van der Waals surface area contributed by atoms with Gasteiger partial charge < -0.3 is 4.74 Å². The Morgan fingerprint density at radius 1 is 0.966 bits per heavy atom. The quantitative estimate of drug-likeness (QED) is 0.734. The maximum absolute atomic E-state index is 12.8. The fourth-order valence-electron chi connectivity index (χ4n) is 3.97. The Kier molecular flexibility index (Phi) is 5.96. The fraction of sp³-hybridized carbons (Fsp3) is 0.304. The number of nitrogens with zero attached hydrogens (tertiary/aromatic N) is 2. The molecule has 2 aromatic rings. The molecule has 5 nitrogen and oxygen atoms in total. The van der Waals surface area contributed by atoms with E-state index in [1.54, 1.807) is 10.4 Å². The summed E-state index contributed by atoms with van der Waals surface area (Å²) in [5.41, 5.74) is 3.11. The van der Waals surface area contributed by atoms with Gasteiger partial charge in [-0.3, -0.25) is 4.90 Å². The second kappa shape index (κ2) is 8.63. The molecule has 0 spiro atoms. The van der Waals surface area contributed by atoms with E-state index < -0.39 is 10.0 Å². The van der Waals surface area contributed by atoms with Gasteiger partial charge in [0.25, 0.3) is 0 Å². The average molecular weight is 411 g/mol. The summed E-state index contributed by atoms with van der Waals surface area (Å²) in [6.45, 7) is 6.71. The Bertz CT molecular complexity index is 974. The molecule has 0 aliphatic carbocycles. The topological polar surface area (TPSA) is 49.9 Å². The number of sulfonamides is 1. The Balaban J connectivity index is 1.52. The molecular weight excluding hydrogens is 384 g/mol. The monoisotopic (exact) mass is 410 g/mol. The molecule has 3 atom stereocenters. The third-order valence-electron chi connectivity index (χ3n) is 5.51. The van der Waals surface area contributed by atoms with Crippen molar-refractivity contribution in [3.05, 3.63) is 95.4 Å². The number of hydrogen-bond donors (Lipinski definition) is 0. The minimum atomic E-state index is -3.48. The lowest BCUT2D eigenvalue weighted by Gasteiger charge is -2.44. The van der Waals surface area contributed by atoms with Crippen molar-refractivity contribution in [1.29, 1.82) is 0 Å². The van der Waals surface area contributed by atoms with E-state index in [2.05, 4.69) is 23.6 Å². The zero-order chi connectivity index (χ0) is 20.3. The van der Waals surface area contributed by atoms with E-state index in [9.17, 15) is 8.42 Å². The summed E-state index contributed by atoms with van der Waals surface area (Å²) in [4.78, 5) is 2.32. The minimum Gasteiger partial charge on any atom is -0.375 e. The molecule has 6 heteroatoms. The predicted molar refractivity (Wildman–Crippen MR) is 114 cm³/mol. The number of hydrogen-bond acceptors (Lipinski definition) is 4. The van der Waals surface area contributed by atoms with Gasteiger partial charge in [0.1, 0.15) is 0 Å². The second-order valence-electron chi connectivity index (χ2n) is 7.58. The van der Waals surface area contributed by atoms with E-state index in [0.29, 0.717) is 26.3 Å². The molecule has 3 unspecified atom stereocenters. The largest absolute Gasteiger partial charge is 0.375 e. The lowest BCUT2D eigenvalue weighted by atomic mass is 10.0. The molecule has 2 heterocycles. The Morgan fingerprint density at radius 2 is 1.62 bits per heavy atom. The molecular formula is C23H26N2O3S. The van der Waals surface area contributed by atoms with Crippen molar-refractivity contribution in [3.8, 4) is 0 Å². The van der Waals surface area contributed by atoms with Crippen molar-refractivity contribution < 1.29 is 13.2 Å². The molecule has 0 saturated carbocycles. The maximum atomic E-state index is 12.8. The number of benzene rings is 2. The second-order valence-corrected chi connectivity index (χ2v) is 9.35. The Morgan fingerprint density at radius 3 is 2.31 bits per heavy atom. The zero-order valence-electron chi connectivity index (χ0n) is 16.4. The van der Waals surface area contributed by atoms with E-state index in [1.807, 2.05) is 48.5 Å². The van der Waals surface area contributed by atoms with Crippen LogP contribution in [0.2, 0.25) is 0 Å². The van der Waals surface area contributed by atoms with Crippen LogP contribution >= 0.6 is 0 Å². The van der Waals surface area contributed by atoms with Crippen LogP contribution in [0.4, 0.5) is 0 Å². The summed E-state index contributed by atoms with van der Waals surface area (Å²) in [6.07, 6.45) is 1.64. The third-order valence-corrected chi connectivity index (χ3v) is 7.09. The molecule has 0 aromatic heterocycles. The standard InChI is InChI=1S/C23H26N2O3S/c1-19-12-13-29(26,27)25-16-23(19)24(14-20-8-4-2-5-9-20)15-22(25)18-28-17-21-10-6-3-7-11-21/h2-13,22-23H,1,14-18H2. The average Bonchev–Trinajstić information content (AvgIpc) is 2.83. The van der Waals surface area contributed by atoms with Crippen molar-refractivity contribution in [2.45, 2.75) is 25.2 Å². The summed E-state index contributed by atoms with van der Waals surface area (Å²) in [6, 6.07) is 19.9. The van der Waals surface area contributed by atoms with E-state index in [1.165, 1.54) is 11.0 Å². The normalized spacial score (nSPS) is 26.2. The number of piperazine rings is 1. The van der Waals surface area contributed by atoms with Gasteiger partial charge >= 0.3 is 0 Å². The van der Waals surface area contributed by atoms with Crippen molar-refractivity contribution in [1.82, 2.24) is 9.21 Å². The first-order valence-corrected chi connectivity index (χ1v) is 11.3. The molecule has 2 bridgehead atoms. The van der Waals surface area contributed by atoms with Crippen LogP contribution in [-0.4, -0.2) is 49.4 Å². The molecule has 152 valence electrons. The molecule has 0 N–H and O–H groups in total. The van der Waals surface area contributed by atoms with Crippen molar-refractivity contribution in [2.75, 3.05) is 19.7 Å². The summed E-state index contributed by atoms with van der Waals surface area (Å²) in [5.74, 6) is 0. The van der Waals surface area contributed by atoms with E-state index in [0.717, 1.165) is 17.7 Å². The summed E-state index contributed by atoms with van der Waals surface area (Å²) in [5, 5.41) is 1.28. The molecule has 1 fully saturated rings. The number of fused-ring (bicyclic) bond motifs is 2. The molecule has 1 saturated heterocycles. The Hall–Kier alpha value is -2.25. The molecule has 2 aromatic carbocycles. The highest BCUT2D eigenvalue weighted by Crippen LogP contribution is 2.29. The first-order chi connectivity index (χ1) is 14.0. The summed E-state index contributed by atoms with van der Waals surface area (Å²) < 4.78 is 33.1. The SMILES string of the molecule is C=C1C=CS(=O)(=O)N2CC1N(Cc1ccccc1)CC2COCc1ccccc1. The highest BCUT2D eigenvalue weighted by atomic mass is 32.2. The third kappa shape index (κ3) is 4.67. The van der Waals surface area contributed by atoms with Crippen LogP contribution in [0, 0.1) is 0 Å². The van der Waals surface area contributed by atoms with Crippen molar-refractivity contribution >= 4 is 10.0 Å². The minimum absolute atomic E-state index is 0.0332. The molecule has 2 aliphatic heterocycles. The van der Waals surface area contributed by atoms with Gasteiger partial charge in [-0.2, -0.15) is 4.31 Å². The van der Waals surface area contributed by atoms with Gasteiger partial charge in [0, 0.05) is 31.1 Å². The number of ether oxygens (including phenoxy) is 1. The van der Waals surface area contributed by atoms with Gasteiger partial charge in [-0.1, -0.05) is 67.2 Å². The molecule has 0 amide bonds. The maximum Gasteiger partial charge on any atom is 0.236 e. The van der Waals surface area contributed by atoms with E-state index in [4.69, 9.17) is 4.74 Å². The van der Waals surface area contributed by atoms with Crippen molar-refractivity contribution in [3.63, 3.8) is 0 Å². The van der Waals surface area contributed by atoms with Crippen LogP contribution < -0.4 is 0 Å². The Labute approximate surface area is 173 Å². The first-order valence-electron chi connectivity index (χ1n) is 9.81. The van der Waals surface area contributed by atoms with Crippen LogP contribution in [-0.2, 0) is 27.9 Å². The molecule has 0 radical (unpaired) electrons. The van der Waals surface area contributed by atoms with Crippen LogP contribution in [0.3, 0.4) is 0 Å². The van der Waals surface area contributed by atoms with Crippen LogP contribution in [0.25, 0.3) is 0 Å². The number of rotatable bonds is 6. The van der Waals surface area contributed by atoms with E-state index >= 15 is 0 Å². The highest BCUT2D eigenvalue weighted by Gasteiger charge is 2.41. The van der Waals surface area contributed by atoms with Crippen molar-refractivity contribution in [2.24, 2.45) is 0 Å². The van der Waals surface area contributed by atoms with Crippen LogP contribution in [0.15, 0.2) is 84.3 Å². The lowest BCUT2D eigenvalue weighted by Crippen LogP contribution is -2.60. The van der Waals surface area contributed by atoms with Gasteiger partial charge in [-0.15, -0.1) is 0 Å². The van der Waals surface area contributed by atoms with Crippen LogP contribution in [0.5, 0.6) is 0 Å². The summed E-state index contributed by atoms with van der Waals surface area (Å²) in [7, 11) is -3.48. The molecule has 29 heavy (non-hydrogen) atoms. The fourth-order valence-corrected chi connectivity index (χ4v) is 5.36. The lowest BCUT2D eigenvalue weighted by molar-refractivity contribution is 0.0220. The van der Waals surface area contributed by atoms with Crippen LogP contribution in [0.1, 0.15) is 11.1 Å². The highest BCUT2D eigenvalue weighted by molar-refractivity contribution is 7.92. The smallest absolute Gasteiger partial charge is 0.236 e. The van der Waals surface area contributed by atoms with Gasteiger partial charge in [0.05, 0.1) is 19.3 Å². The van der Waals surface area contributed by atoms with Gasteiger partial charge in [-0.05, 0) is 22.8 Å².